The number of nitrogens with one attached hydrogen (secondary N) is 1. The van der Waals surface area contributed by atoms with Gasteiger partial charge in [0.05, 0.1) is 31.3 Å². The van der Waals surface area contributed by atoms with E-state index >= 15 is 0 Å². The average Bonchev–Trinajstić information content (AvgIpc) is 3.15. The minimum Gasteiger partial charge on any atom is -0.316 e. The maximum absolute atomic E-state index is 13.2. The summed E-state index contributed by atoms with van der Waals surface area (Å²) in [5, 5.41) is 5.26. The van der Waals surface area contributed by atoms with E-state index in [4.69, 9.17) is 5.14 Å². The zero-order chi connectivity index (χ0) is 26.1. The lowest BCUT2D eigenvalue weighted by atomic mass is 10.2. The van der Waals surface area contributed by atoms with Crippen molar-refractivity contribution in [2.75, 3.05) is 4.72 Å². The predicted molar refractivity (Wildman–Crippen MR) is 140 cm³/mol. The van der Waals surface area contributed by atoms with Crippen molar-refractivity contribution < 1.29 is 21.6 Å². The standard InChI is InChI=1S/C24H24N4O5S3/c1-3-14-28-21-13-12-18(35(25,30)31)15-22(21)34-24(28)26-23(29)19-6-4-5-7-20(19)27-36(32,33)17-10-8-16(2)9-11-17/h4-13,15,27H,3,14H2,1-2H3,(H2,25,30,31). The Balaban J connectivity index is 1.77. The van der Waals surface area contributed by atoms with Crippen LogP contribution in [0.4, 0.5) is 5.69 Å². The SMILES string of the molecule is CCCn1c(=NC(=O)c2ccccc2NS(=O)(=O)c2ccc(C)cc2)sc2cc(S(N)(=O)=O)ccc21. The van der Waals surface area contributed by atoms with E-state index in [1.807, 2.05) is 18.4 Å². The molecule has 36 heavy (non-hydrogen) atoms. The highest BCUT2D eigenvalue weighted by atomic mass is 32.2. The van der Waals surface area contributed by atoms with Crippen LogP contribution in [0, 0.1) is 6.92 Å². The summed E-state index contributed by atoms with van der Waals surface area (Å²) in [5.41, 5.74) is 1.82. The molecule has 4 rings (SSSR count). The van der Waals surface area contributed by atoms with Crippen molar-refractivity contribution in [3.63, 3.8) is 0 Å². The Kier molecular flexibility index (Phi) is 7.14. The van der Waals surface area contributed by atoms with Crippen molar-refractivity contribution in [3.8, 4) is 0 Å². The number of thiazole rings is 1. The van der Waals surface area contributed by atoms with Gasteiger partial charge < -0.3 is 4.57 Å². The minimum absolute atomic E-state index is 0.0337. The molecule has 0 fully saturated rings. The molecule has 0 spiro atoms. The van der Waals surface area contributed by atoms with Crippen LogP contribution < -0.4 is 14.7 Å². The van der Waals surface area contributed by atoms with E-state index in [1.54, 1.807) is 30.3 Å². The predicted octanol–water partition coefficient (Wildman–Crippen LogP) is 3.61. The van der Waals surface area contributed by atoms with E-state index in [2.05, 4.69) is 9.71 Å². The van der Waals surface area contributed by atoms with Crippen molar-refractivity contribution in [2.24, 2.45) is 10.1 Å². The number of aryl methyl sites for hydroxylation is 2. The highest BCUT2D eigenvalue weighted by molar-refractivity contribution is 7.92. The number of anilines is 1. The third-order valence-corrected chi connectivity index (χ3v) is 8.69. The topological polar surface area (TPSA) is 141 Å². The first kappa shape index (κ1) is 25.8. The van der Waals surface area contributed by atoms with E-state index in [0.29, 0.717) is 21.6 Å². The number of para-hydroxylation sites is 1. The molecule has 1 heterocycles. The number of nitrogens with zero attached hydrogens (tertiary/aromatic N) is 2. The molecule has 4 aromatic rings. The third-order valence-electron chi connectivity index (χ3n) is 5.36. The van der Waals surface area contributed by atoms with Gasteiger partial charge in [0.2, 0.25) is 10.0 Å². The monoisotopic (exact) mass is 544 g/mol. The Hall–Kier alpha value is -3.32. The number of aromatic nitrogens is 1. The Morgan fingerprint density at radius 3 is 2.33 bits per heavy atom. The number of nitrogens with two attached hydrogens (primary N) is 1. The highest BCUT2D eigenvalue weighted by Crippen LogP contribution is 2.23. The average molecular weight is 545 g/mol. The van der Waals surface area contributed by atoms with Gasteiger partial charge in [0.15, 0.2) is 4.80 Å². The summed E-state index contributed by atoms with van der Waals surface area (Å²) in [5.74, 6) is -0.639. The van der Waals surface area contributed by atoms with Gasteiger partial charge in [0, 0.05) is 6.54 Å². The zero-order valence-electron chi connectivity index (χ0n) is 19.5. The molecule has 1 amide bonds. The van der Waals surface area contributed by atoms with Crippen molar-refractivity contribution in [1.82, 2.24) is 4.57 Å². The Labute approximate surface area is 213 Å². The molecule has 0 aliphatic rings. The number of amides is 1. The fourth-order valence-corrected chi connectivity index (χ4v) is 6.37. The third kappa shape index (κ3) is 5.41. The second-order valence-electron chi connectivity index (χ2n) is 8.09. The first-order valence-corrected chi connectivity index (χ1v) is 14.8. The second kappa shape index (κ2) is 9.97. The molecule has 0 bridgehead atoms. The van der Waals surface area contributed by atoms with Gasteiger partial charge in [-0.15, -0.1) is 0 Å². The lowest BCUT2D eigenvalue weighted by molar-refractivity contribution is 0.0998. The number of carbonyl (C=O) groups is 1. The number of hydrogen-bond acceptors (Lipinski definition) is 6. The van der Waals surface area contributed by atoms with Crippen LogP contribution in [0.5, 0.6) is 0 Å². The molecule has 1 aromatic heterocycles. The summed E-state index contributed by atoms with van der Waals surface area (Å²) < 4.78 is 54.3. The molecule has 0 unspecified atom stereocenters. The van der Waals surface area contributed by atoms with Crippen LogP contribution in [0.25, 0.3) is 10.2 Å². The smallest absolute Gasteiger partial charge is 0.281 e. The zero-order valence-corrected chi connectivity index (χ0v) is 22.0. The van der Waals surface area contributed by atoms with Crippen LogP contribution in [0.3, 0.4) is 0 Å². The van der Waals surface area contributed by atoms with Crippen LogP contribution in [0.15, 0.2) is 81.5 Å². The van der Waals surface area contributed by atoms with Gasteiger partial charge in [0.25, 0.3) is 15.9 Å². The van der Waals surface area contributed by atoms with Crippen LogP contribution in [-0.4, -0.2) is 27.3 Å². The lowest BCUT2D eigenvalue weighted by Crippen LogP contribution is -2.18. The lowest BCUT2D eigenvalue weighted by Gasteiger charge is -2.11. The maximum atomic E-state index is 13.2. The maximum Gasteiger partial charge on any atom is 0.281 e. The first-order chi connectivity index (χ1) is 17.0. The summed E-state index contributed by atoms with van der Waals surface area (Å²) in [7, 11) is -7.82. The van der Waals surface area contributed by atoms with Gasteiger partial charge in [-0.1, -0.05) is 48.1 Å². The molecule has 9 nitrogen and oxygen atoms in total. The van der Waals surface area contributed by atoms with Gasteiger partial charge in [-0.3, -0.25) is 9.52 Å². The summed E-state index contributed by atoms with van der Waals surface area (Å²) >= 11 is 1.15. The van der Waals surface area contributed by atoms with E-state index in [1.165, 1.54) is 36.4 Å². The summed E-state index contributed by atoms with van der Waals surface area (Å²) in [6, 6.07) is 17.1. The quantitative estimate of drug-likeness (QED) is 0.366. The molecule has 0 saturated carbocycles. The van der Waals surface area contributed by atoms with E-state index in [9.17, 15) is 21.6 Å². The van der Waals surface area contributed by atoms with Gasteiger partial charge in [-0.25, -0.2) is 22.0 Å². The number of carbonyl (C=O) groups excluding carboxylic acids is 1. The summed E-state index contributed by atoms with van der Waals surface area (Å²) in [4.78, 5) is 17.9. The number of primary sulfonamides is 1. The molecule has 0 aliphatic heterocycles. The Morgan fingerprint density at radius 2 is 1.67 bits per heavy atom. The molecule has 3 aromatic carbocycles. The summed E-state index contributed by atoms with van der Waals surface area (Å²) in [6.07, 6.45) is 0.747. The molecular weight excluding hydrogens is 520 g/mol. The van der Waals surface area contributed by atoms with E-state index in [-0.39, 0.29) is 21.0 Å². The normalized spacial score (nSPS) is 12.7. The van der Waals surface area contributed by atoms with Crippen molar-refractivity contribution >= 4 is 53.2 Å². The van der Waals surface area contributed by atoms with Crippen molar-refractivity contribution in [1.29, 1.82) is 0 Å². The van der Waals surface area contributed by atoms with Crippen molar-refractivity contribution in [3.05, 3.63) is 82.7 Å². The molecule has 0 aliphatic carbocycles. The number of hydrogen-bond donors (Lipinski definition) is 2. The van der Waals surface area contributed by atoms with Crippen LogP contribution in [0.2, 0.25) is 0 Å². The minimum atomic E-state index is -3.93. The summed E-state index contributed by atoms with van der Waals surface area (Å²) in [6.45, 7) is 4.37. The van der Waals surface area contributed by atoms with Crippen molar-refractivity contribution in [2.45, 2.75) is 36.6 Å². The largest absolute Gasteiger partial charge is 0.316 e. The number of sulfonamides is 2. The molecule has 3 N–H and O–H groups in total. The molecule has 12 heteroatoms. The highest BCUT2D eigenvalue weighted by Gasteiger charge is 2.19. The molecule has 188 valence electrons. The number of rotatable bonds is 7. The Morgan fingerprint density at radius 1 is 1.00 bits per heavy atom. The fraction of sp³-hybridized carbons (Fsp3) is 0.167. The van der Waals surface area contributed by atoms with Crippen LogP contribution in [0.1, 0.15) is 29.3 Å². The molecule has 0 radical (unpaired) electrons. The number of fused-ring (bicyclic) bond motifs is 1. The number of benzene rings is 3. The van der Waals surface area contributed by atoms with Gasteiger partial charge in [0.1, 0.15) is 0 Å². The second-order valence-corrected chi connectivity index (χ2v) is 12.3. The van der Waals surface area contributed by atoms with E-state index < -0.39 is 26.0 Å². The van der Waals surface area contributed by atoms with Gasteiger partial charge in [-0.2, -0.15) is 4.99 Å². The molecular formula is C24H24N4O5S3. The van der Waals surface area contributed by atoms with Crippen LogP contribution in [-0.2, 0) is 26.6 Å². The van der Waals surface area contributed by atoms with E-state index in [0.717, 1.165) is 23.3 Å². The molecule has 0 saturated heterocycles. The first-order valence-electron chi connectivity index (χ1n) is 10.9. The Bertz CT molecular complexity index is 1740. The van der Waals surface area contributed by atoms with Gasteiger partial charge >= 0.3 is 0 Å². The van der Waals surface area contributed by atoms with Gasteiger partial charge in [-0.05, 0) is 55.8 Å². The molecule has 0 atom stereocenters. The fourth-order valence-electron chi connectivity index (χ4n) is 3.58. The van der Waals surface area contributed by atoms with Crippen LogP contribution >= 0.6 is 11.3 Å².